The average Bonchev–Trinajstić information content (AvgIpc) is 3.09. The number of carbonyl (C=O) groups is 1. The number of nitrogens with zero attached hydrogens (tertiary/aromatic N) is 2. The van der Waals surface area contributed by atoms with Crippen molar-refractivity contribution in [2.75, 3.05) is 5.32 Å². The second-order valence-corrected chi connectivity index (χ2v) is 6.42. The van der Waals surface area contributed by atoms with E-state index in [0.29, 0.717) is 33.9 Å². The van der Waals surface area contributed by atoms with Crippen LogP contribution in [-0.2, 0) is 6.54 Å². The van der Waals surface area contributed by atoms with Crippen LogP contribution >= 0.6 is 11.6 Å². The predicted molar refractivity (Wildman–Crippen MR) is 105 cm³/mol. The minimum atomic E-state index is -0.377. The molecule has 0 fully saturated rings. The Bertz CT molecular complexity index is 1200. The standard InChI is InChI=1S/C20H15ClN4O2/c21-16-7-3-1-5-13(16)12-25-18(9-10-22-25)24-20(27)15-11-19(26)23-17-8-4-2-6-14(15)17/h1-11H,12H2,(H,23,26)(H,24,27). The molecule has 0 unspecified atom stereocenters. The Kier molecular flexibility index (Phi) is 4.48. The number of rotatable bonds is 4. The molecule has 0 aliphatic rings. The number of fused-ring (bicyclic) bond motifs is 1. The number of anilines is 1. The Hall–Kier alpha value is -3.38. The third-order valence-corrected chi connectivity index (χ3v) is 4.60. The molecule has 0 saturated heterocycles. The van der Waals surface area contributed by atoms with Gasteiger partial charge in [0.2, 0.25) is 5.56 Å². The lowest BCUT2D eigenvalue weighted by Gasteiger charge is -2.11. The van der Waals surface area contributed by atoms with Crippen molar-refractivity contribution >= 4 is 34.2 Å². The van der Waals surface area contributed by atoms with Crippen molar-refractivity contribution < 1.29 is 4.79 Å². The van der Waals surface area contributed by atoms with E-state index in [0.717, 1.165) is 5.56 Å². The molecule has 4 aromatic rings. The van der Waals surface area contributed by atoms with Crippen LogP contribution in [0.5, 0.6) is 0 Å². The maximum absolute atomic E-state index is 12.8. The molecule has 2 aromatic heterocycles. The number of hydrogen-bond donors (Lipinski definition) is 2. The second-order valence-electron chi connectivity index (χ2n) is 6.01. The number of amides is 1. The number of hydrogen-bond acceptors (Lipinski definition) is 3. The first-order valence-electron chi connectivity index (χ1n) is 8.30. The summed E-state index contributed by atoms with van der Waals surface area (Å²) in [6.45, 7) is 0.415. The van der Waals surface area contributed by atoms with E-state index in [1.54, 1.807) is 41.2 Å². The molecule has 1 amide bonds. The highest BCUT2D eigenvalue weighted by atomic mass is 35.5. The summed E-state index contributed by atoms with van der Waals surface area (Å²) in [5, 5.41) is 8.39. The van der Waals surface area contributed by atoms with Crippen LogP contribution in [0.2, 0.25) is 5.02 Å². The van der Waals surface area contributed by atoms with Crippen LogP contribution in [0.25, 0.3) is 10.9 Å². The molecule has 134 valence electrons. The molecule has 0 aliphatic carbocycles. The van der Waals surface area contributed by atoms with Gasteiger partial charge in [-0.15, -0.1) is 0 Å². The first kappa shape index (κ1) is 17.1. The number of pyridine rings is 1. The summed E-state index contributed by atoms with van der Waals surface area (Å²) in [6, 6.07) is 17.6. The zero-order chi connectivity index (χ0) is 18.8. The molecule has 0 radical (unpaired) electrons. The highest BCUT2D eigenvalue weighted by Gasteiger charge is 2.14. The normalized spacial score (nSPS) is 10.9. The summed E-state index contributed by atoms with van der Waals surface area (Å²) in [5.74, 6) is 0.141. The third kappa shape index (κ3) is 3.47. The van der Waals surface area contributed by atoms with Gasteiger partial charge in [0.05, 0.1) is 18.3 Å². The summed E-state index contributed by atoms with van der Waals surface area (Å²) in [7, 11) is 0. The molecule has 0 atom stereocenters. The van der Waals surface area contributed by atoms with Gasteiger partial charge in [-0.3, -0.25) is 9.59 Å². The van der Waals surface area contributed by atoms with Crippen LogP contribution in [-0.4, -0.2) is 20.7 Å². The minimum Gasteiger partial charge on any atom is -0.322 e. The van der Waals surface area contributed by atoms with Crippen molar-refractivity contribution in [3.05, 3.63) is 93.4 Å². The lowest BCUT2D eigenvalue weighted by Crippen LogP contribution is -2.19. The van der Waals surface area contributed by atoms with Gasteiger partial charge in [0.15, 0.2) is 0 Å². The molecule has 2 heterocycles. The number of benzene rings is 2. The number of H-pyrrole nitrogens is 1. The van der Waals surface area contributed by atoms with E-state index in [2.05, 4.69) is 15.4 Å². The maximum Gasteiger partial charge on any atom is 0.257 e. The average molecular weight is 379 g/mol. The minimum absolute atomic E-state index is 0.305. The van der Waals surface area contributed by atoms with Crippen LogP contribution in [0.3, 0.4) is 0 Å². The number of aromatic amines is 1. The van der Waals surface area contributed by atoms with Crippen LogP contribution in [0.1, 0.15) is 15.9 Å². The third-order valence-electron chi connectivity index (χ3n) is 4.23. The Morgan fingerprint density at radius 3 is 2.74 bits per heavy atom. The molecule has 2 aromatic carbocycles. The van der Waals surface area contributed by atoms with E-state index in [1.807, 2.05) is 24.3 Å². The number of aromatic nitrogens is 3. The van der Waals surface area contributed by atoms with Crippen LogP contribution in [0.4, 0.5) is 5.82 Å². The fourth-order valence-electron chi connectivity index (χ4n) is 2.93. The zero-order valence-corrected chi connectivity index (χ0v) is 14.9. The van der Waals surface area contributed by atoms with Crippen molar-refractivity contribution in [2.45, 2.75) is 6.54 Å². The van der Waals surface area contributed by atoms with Crippen LogP contribution in [0.15, 0.2) is 71.7 Å². The largest absolute Gasteiger partial charge is 0.322 e. The molecule has 0 spiro atoms. The Labute approximate surface area is 159 Å². The Balaban J connectivity index is 1.65. The molecule has 7 heteroatoms. The van der Waals surface area contributed by atoms with Gasteiger partial charge in [0.1, 0.15) is 5.82 Å². The molecule has 6 nitrogen and oxygen atoms in total. The molecule has 0 bridgehead atoms. The molecule has 4 rings (SSSR count). The monoisotopic (exact) mass is 378 g/mol. The lowest BCUT2D eigenvalue weighted by atomic mass is 10.1. The van der Waals surface area contributed by atoms with Gasteiger partial charge < -0.3 is 10.3 Å². The van der Waals surface area contributed by atoms with Crippen LogP contribution in [0, 0.1) is 0 Å². The topological polar surface area (TPSA) is 79.8 Å². The number of nitrogens with one attached hydrogen (secondary N) is 2. The van der Waals surface area contributed by atoms with E-state index in [-0.39, 0.29) is 11.5 Å². The number of carbonyl (C=O) groups excluding carboxylic acids is 1. The predicted octanol–water partition coefficient (Wildman–Crippen LogP) is 3.68. The van der Waals surface area contributed by atoms with Crippen molar-refractivity contribution in [2.24, 2.45) is 0 Å². The SMILES string of the molecule is O=C(Nc1ccnn1Cc1ccccc1Cl)c1cc(=O)[nH]c2ccccc12. The quantitative estimate of drug-likeness (QED) is 0.568. The highest BCUT2D eigenvalue weighted by molar-refractivity contribution is 6.31. The summed E-state index contributed by atoms with van der Waals surface area (Å²) in [4.78, 5) is 27.4. The molecule has 0 aliphatic heterocycles. The van der Waals surface area contributed by atoms with Gasteiger partial charge in [-0.25, -0.2) is 4.68 Å². The smallest absolute Gasteiger partial charge is 0.257 e. The lowest BCUT2D eigenvalue weighted by molar-refractivity contribution is 0.102. The first-order valence-corrected chi connectivity index (χ1v) is 8.68. The van der Waals surface area contributed by atoms with Crippen molar-refractivity contribution in [3.8, 4) is 0 Å². The number of para-hydroxylation sites is 1. The molecule has 27 heavy (non-hydrogen) atoms. The van der Waals surface area contributed by atoms with E-state index in [1.165, 1.54) is 6.07 Å². The van der Waals surface area contributed by atoms with Crippen LogP contribution < -0.4 is 10.9 Å². The summed E-state index contributed by atoms with van der Waals surface area (Å²) in [5.41, 5.74) is 1.47. The van der Waals surface area contributed by atoms with E-state index >= 15 is 0 Å². The maximum atomic E-state index is 12.8. The van der Waals surface area contributed by atoms with Gasteiger partial charge in [-0.2, -0.15) is 5.10 Å². The van der Waals surface area contributed by atoms with Crippen molar-refractivity contribution in [3.63, 3.8) is 0 Å². The summed E-state index contributed by atoms with van der Waals surface area (Å²) >= 11 is 6.21. The highest BCUT2D eigenvalue weighted by Crippen LogP contribution is 2.20. The van der Waals surface area contributed by atoms with Gasteiger partial charge >= 0.3 is 0 Å². The molecular weight excluding hydrogens is 364 g/mol. The number of halogens is 1. The summed E-state index contributed by atoms with van der Waals surface area (Å²) < 4.78 is 1.65. The fraction of sp³-hybridized carbons (Fsp3) is 0.0500. The first-order chi connectivity index (χ1) is 13.1. The van der Waals surface area contributed by atoms with Crippen molar-refractivity contribution in [1.29, 1.82) is 0 Å². The fourth-order valence-corrected chi connectivity index (χ4v) is 3.12. The van der Waals surface area contributed by atoms with E-state index in [4.69, 9.17) is 11.6 Å². The van der Waals surface area contributed by atoms with Crippen molar-refractivity contribution in [1.82, 2.24) is 14.8 Å². The molecular formula is C20H15ClN4O2. The van der Waals surface area contributed by atoms with Gasteiger partial charge in [-0.1, -0.05) is 48.0 Å². The van der Waals surface area contributed by atoms with E-state index < -0.39 is 0 Å². The Morgan fingerprint density at radius 2 is 1.89 bits per heavy atom. The van der Waals surface area contributed by atoms with E-state index in [9.17, 15) is 9.59 Å². The van der Waals surface area contributed by atoms with Gasteiger partial charge in [0, 0.05) is 28.1 Å². The second kappa shape index (κ2) is 7.09. The molecule has 0 saturated carbocycles. The molecule has 2 N–H and O–H groups in total. The summed E-state index contributed by atoms with van der Waals surface area (Å²) in [6.07, 6.45) is 1.60. The zero-order valence-electron chi connectivity index (χ0n) is 14.1. The van der Waals surface area contributed by atoms with Gasteiger partial charge in [0.25, 0.3) is 5.91 Å². The van der Waals surface area contributed by atoms with Gasteiger partial charge in [-0.05, 0) is 17.7 Å². The Morgan fingerprint density at radius 1 is 1.11 bits per heavy atom.